The minimum absolute atomic E-state index is 0.0830. The number of carboxylic acid groups (broad SMARTS) is 1. The van der Waals surface area contributed by atoms with Crippen LogP contribution >= 0.6 is 0 Å². The van der Waals surface area contributed by atoms with Gasteiger partial charge in [0.1, 0.15) is 0 Å². The molecule has 0 aromatic rings. The van der Waals surface area contributed by atoms with Crippen LogP contribution in [0.15, 0.2) is 36.5 Å². The van der Waals surface area contributed by atoms with Crippen molar-refractivity contribution in [1.82, 2.24) is 0 Å². The number of unbranched alkanes of at least 4 members (excludes halogenated alkanes) is 1. The highest BCUT2D eigenvalue weighted by atomic mass is 16.4. The third kappa shape index (κ3) is 8.47. The molecule has 25 heavy (non-hydrogen) atoms. The van der Waals surface area contributed by atoms with Crippen molar-refractivity contribution < 1.29 is 25.2 Å². The van der Waals surface area contributed by atoms with Crippen molar-refractivity contribution in [3.63, 3.8) is 0 Å². The molecule has 5 heteroatoms. The van der Waals surface area contributed by atoms with E-state index >= 15 is 0 Å². The Morgan fingerprint density at radius 2 is 1.92 bits per heavy atom. The fourth-order valence-corrected chi connectivity index (χ4v) is 3.19. The normalized spacial score (nSPS) is 28.5. The quantitative estimate of drug-likeness (QED) is 0.339. The molecule has 142 valence electrons. The van der Waals surface area contributed by atoms with Crippen molar-refractivity contribution in [2.24, 2.45) is 11.8 Å². The molecule has 0 aromatic heterocycles. The van der Waals surface area contributed by atoms with Crippen molar-refractivity contribution in [3.05, 3.63) is 36.5 Å². The molecular weight excluding hydrogens is 320 g/mol. The molecule has 3 unspecified atom stereocenters. The topological polar surface area (TPSA) is 98.0 Å². The molecule has 0 aliphatic heterocycles. The molecule has 4 N–H and O–H groups in total. The van der Waals surface area contributed by atoms with Crippen LogP contribution in [0.1, 0.15) is 51.9 Å². The summed E-state index contributed by atoms with van der Waals surface area (Å²) < 4.78 is 0. The van der Waals surface area contributed by atoms with E-state index in [4.69, 9.17) is 5.11 Å². The molecule has 0 spiro atoms. The third-order valence-corrected chi connectivity index (χ3v) is 4.59. The van der Waals surface area contributed by atoms with Gasteiger partial charge >= 0.3 is 5.97 Å². The minimum Gasteiger partial charge on any atom is -0.481 e. The van der Waals surface area contributed by atoms with Crippen molar-refractivity contribution in [3.8, 4) is 0 Å². The Bertz CT molecular complexity index is 469. The fourth-order valence-electron chi connectivity index (χ4n) is 3.19. The Balaban J connectivity index is 2.50. The van der Waals surface area contributed by atoms with Gasteiger partial charge in [-0.3, -0.25) is 4.79 Å². The second kappa shape index (κ2) is 12.0. The first-order valence-electron chi connectivity index (χ1n) is 9.20. The number of aliphatic hydroxyl groups is 3. The molecule has 5 nitrogen and oxygen atoms in total. The van der Waals surface area contributed by atoms with Crippen molar-refractivity contribution in [2.45, 2.75) is 70.2 Å². The van der Waals surface area contributed by atoms with Crippen LogP contribution in [0.2, 0.25) is 0 Å². The zero-order valence-electron chi connectivity index (χ0n) is 15.0. The third-order valence-electron chi connectivity index (χ3n) is 4.59. The van der Waals surface area contributed by atoms with E-state index in [2.05, 4.69) is 0 Å². The highest BCUT2D eigenvalue weighted by Crippen LogP contribution is 2.36. The molecule has 5 atom stereocenters. The van der Waals surface area contributed by atoms with Gasteiger partial charge in [-0.25, -0.2) is 0 Å². The maximum Gasteiger partial charge on any atom is 0.303 e. The summed E-state index contributed by atoms with van der Waals surface area (Å²) in [5.74, 6) is -1.05. The highest BCUT2D eigenvalue weighted by Gasteiger charge is 2.39. The van der Waals surface area contributed by atoms with Gasteiger partial charge in [0.25, 0.3) is 0 Å². The van der Waals surface area contributed by atoms with E-state index in [0.717, 1.165) is 6.42 Å². The first-order chi connectivity index (χ1) is 12.0. The molecule has 1 rings (SSSR count). The molecule has 0 saturated heterocycles. The number of aliphatic hydroxyl groups excluding tert-OH is 3. The second-order valence-corrected chi connectivity index (χ2v) is 6.67. The Morgan fingerprint density at radius 1 is 1.16 bits per heavy atom. The molecule has 0 aromatic carbocycles. The van der Waals surface area contributed by atoms with E-state index in [-0.39, 0.29) is 18.3 Å². The van der Waals surface area contributed by atoms with Crippen LogP contribution in [-0.2, 0) is 4.79 Å². The van der Waals surface area contributed by atoms with E-state index in [1.165, 1.54) is 0 Å². The van der Waals surface area contributed by atoms with Crippen molar-refractivity contribution in [2.75, 3.05) is 0 Å². The second-order valence-electron chi connectivity index (χ2n) is 6.67. The Hall–Kier alpha value is -1.43. The van der Waals surface area contributed by atoms with Gasteiger partial charge in [-0.15, -0.1) is 0 Å². The van der Waals surface area contributed by atoms with Crippen LogP contribution in [0.3, 0.4) is 0 Å². The Morgan fingerprint density at radius 3 is 2.60 bits per heavy atom. The number of carboxylic acids is 1. The smallest absolute Gasteiger partial charge is 0.303 e. The highest BCUT2D eigenvalue weighted by molar-refractivity contribution is 5.66. The molecule has 1 fully saturated rings. The van der Waals surface area contributed by atoms with Crippen molar-refractivity contribution in [1.29, 1.82) is 0 Å². The van der Waals surface area contributed by atoms with Gasteiger partial charge in [0, 0.05) is 18.8 Å². The predicted molar refractivity (Wildman–Crippen MR) is 98.0 cm³/mol. The molecular formula is C20H32O5. The van der Waals surface area contributed by atoms with E-state index in [1.807, 2.05) is 37.3 Å². The van der Waals surface area contributed by atoms with Crippen LogP contribution < -0.4 is 0 Å². The number of hydrogen-bond acceptors (Lipinski definition) is 4. The SMILES string of the molecule is CC/C=C/CC(O)/C=C/C1C(C/C=C/CCCC(=O)O)[C@@H](O)C[C@H]1O. The average molecular weight is 352 g/mol. The van der Waals surface area contributed by atoms with E-state index in [9.17, 15) is 20.1 Å². The monoisotopic (exact) mass is 352 g/mol. The molecule has 0 amide bonds. The van der Waals surface area contributed by atoms with Crippen LogP contribution in [0.25, 0.3) is 0 Å². The van der Waals surface area contributed by atoms with Crippen LogP contribution in [-0.4, -0.2) is 44.7 Å². The summed E-state index contributed by atoms with van der Waals surface area (Å²) in [4.78, 5) is 10.5. The predicted octanol–water partition coefficient (Wildman–Crippen LogP) is 2.82. The van der Waals surface area contributed by atoms with Gasteiger partial charge in [-0.05, 0) is 38.0 Å². The number of hydrogen-bond donors (Lipinski definition) is 4. The average Bonchev–Trinajstić information content (AvgIpc) is 2.82. The lowest BCUT2D eigenvalue weighted by Crippen LogP contribution is -2.20. The Labute approximate surface area is 150 Å². The molecule has 0 radical (unpaired) electrons. The summed E-state index contributed by atoms with van der Waals surface area (Å²) >= 11 is 0. The van der Waals surface area contributed by atoms with Gasteiger partial charge in [-0.1, -0.05) is 43.4 Å². The maximum absolute atomic E-state index is 10.5. The first kappa shape index (κ1) is 21.6. The standard InChI is InChI=1S/C20H32O5/c1-2-3-6-9-15(21)12-13-17-16(18(22)14-19(17)23)10-7-4-5-8-11-20(24)25/h3-4,6-7,12-13,15-19,21-23H,2,5,8-11,14H2,1H3,(H,24,25)/b6-3+,7-4+,13-12+/t15?,16?,17?,18-,19+/m0/s1. The molecule has 1 aliphatic carbocycles. The first-order valence-corrected chi connectivity index (χ1v) is 9.20. The lowest BCUT2D eigenvalue weighted by molar-refractivity contribution is -0.137. The maximum atomic E-state index is 10.5. The van der Waals surface area contributed by atoms with E-state index < -0.39 is 24.3 Å². The van der Waals surface area contributed by atoms with Gasteiger partial charge in [0.15, 0.2) is 0 Å². The fraction of sp³-hybridized carbons (Fsp3) is 0.650. The zero-order valence-corrected chi connectivity index (χ0v) is 15.0. The summed E-state index contributed by atoms with van der Waals surface area (Å²) in [5.41, 5.74) is 0. The van der Waals surface area contributed by atoms with Gasteiger partial charge in [0.2, 0.25) is 0 Å². The summed E-state index contributed by atoms with van der Waals surface area (Å²) in [6.45, 7) is 2.04. The van der Waals surface area contributed by atoms with Crippen molar-refractivity contribution >= 4 is 5.97 Å². The number of aliphatic carboxylic acids is 1. The largest absolute Gasteiger partial charge is 0.481 e. The summed E-state index contributed by atoms with van der Waals surface area (Å²) in [7, 11) is 0. The summed E-state index contributed by atoms with van der Waals surface area (Å²) in [5, 5.41) is 38.9. The van der Waals surface area contributed by atoms with Crippen LogP contribution in [0.4, 0.5) is 0 Å². The lowest BCUT2D eigenvalue weighted by Gasteiger charge is -2.19. The number of carbonyl (C=O) groups is 1. The molecule has 0 bridgehead atoms. The van der Waals surface area contributed by atoms with Crippen LogP contribution in [0.5, 0.6) is 0 Å². The number of rotatable bonds is 11. The van der Waals surface area contributed by atoms with Gasteiger partial charge in [0.05, 0.1) is 18.3 Å². The van der Waals surface area contributed by atoms with E-state index in [1.54, 1.807) is 6.08 Å². The molecule has 1 saturated carbocycles. The van der Waals surface area contributed by atoms with E-state index in [0.29, 0.717) is 32.1 Å². The van der Waals surface area contributed by atoms with Crippen LogP contribution in [0, 0.1) is 11.8 Å². The summed E-state index contributed by atoms with van der Waals surface area (Å²) in [6.07, 6.45) is 13.5. The Kier molecular flexibility index (Phi) is 10.4. The minimum atomic E-state index is -0.791. The molecule has 0 heterocycles. The zero-order chi connectivity index (χ0) is 18.7. The molecule has 1 aliphatic rings. The van der Waals surface area contributed by atoms with Gasteiger partial charge < -0.3 is 20.4 Å². The number of allylic oxidation sites excluding steroid dienone is 3. The lowest BCUT2D eigenvalue weighted by atomic mass is 9.89. The van der Waals surface area contributed by atoms with Gasteiger partial charge in [-0.2, -0.15) is 0 Å². The summed E-state index contributed by atoms with van der Waals surface area (Å²) in [6, 6.07) is 0.